The summed E-state index contributed by atoms with van der Waals surface area (Å²) in [5.41, 5.74) is 5.87. The zero-order chi connectivity index (χ0) is 12.7. The van der Waals surface area contributed by atoms with Crippen molar-refractivity contribution < 1.29 is 4.74 Å². The maximum atomic E-state index is 5.99. The summed E-state index contributed by atoms with van der Waals surface area (Å²) in [6, 6.07) is 0.110. The van der Waals surface area contributed by atoms with Gasteiger partial charge >= 0.3 is 0 Å². The highest BCUT2D eigenvalue weighted by molar-refractivity contribution is 5.07. The Kier molecular flexibility index (Phi) is 5.97. The molecule has 3 nitrogen and oxygen atoms in total. The number of hydrogen-bond donors (Lipinski definition) is 2. The number of terminal acetylenes is 1. The summed E-state index contributed by atoms with van der Waals surface area (Å²) in [5, 5.41) is 3.58. The molecule has 17 heavy (non-hydrogen) atoms. The Balaban J connectivity index is 2.74. The van der Waals surface area contributed by atoms with Crippen LogP contribution in [-0.2, 0) is 4.74 Å². The fourth-order valence-corrected chi connectivity index (χ4v) is 2.84. The average Bonchev–Trinajstić information content (AvgIpc) is 2.38. The van der Waals surface area contributed by atoms with Crippen molar-refractivity contribution in [3.05, 3.63) is 0 Å². The molecule has 3 heteroatoms. The Hall–Kier alpha value is -0.560. The topological polar surface area (TPSA) is 47.3 Å². The minimum Gasteiger partial charge on any atom is -0.379 e. The predicted octanol–water partition coefficient (Wildman–Crippen LogP) is 1.66. The maximum Gasteiger partial charge on any atom is 0.0765 e. The van der Waals surface area contributed by atoms with Crippen LogP contribution in [0.25, 0.3) is 0 Å². The number of methoxy groups -OCH3 is 1. The number of hydrogen-bond acceptors (Lipinski definition) is 3. The van der Waals surface area contributed by atoms with Crippen LogP contribution in [0, 0.1) is 12.3 Å². The van der Waals surface area contributed by atoms with Crippen molar-refractivity contribution in [2.45, 2.75) is 63.1 Å². The SMILES string of the molecule is C#CC(CCC)NC1(CN)CCCCC1OC. The Morgan fingerprint density at radius 1 is 1.59 bits per heavy atom. The van der Waals surface area contributed by atoms with Crippen LogP contribution in [0.15, 0.2) is 0 Å². The van der Waals surface area contributed by atoms with Crippen LogP contribution in [-0.4, -0.2) is 31.3 Å². The van der Waals surface area contributed by atoms with Gasteiger partial charge in [0.1, 0.15) is 0 Å². The van der Waals surface area contributed by atoms with Crippen molar-refractivity contribution >= 4 is 0 Å². The third-order valence-electron chi connectivity index (χ3n) is 3.84. The van der Waals surface area contributed by atoms with Gasteiger partial charge in [-0.05, 0) is 19.3 Å². The summed E-state index contributed by atoms with van der Waals surface area (Å²) in [6.45, 7) is 2.74. The molecular formula is C14H26N2O. The first-order chi connectivity index (χ1) is 8.22. The molecule has 3 unspecified atom stereocenters. The molecule has 1 saturated carbocycles. The van der Waals surface area contributed by atoms with Crippen molar-refractivity contribution in [3.8, 4) is 12.3 Å². The van der Waals surface area contributed by atoms with E-state index in [2.05, 4.69) is 18.2 Å². The van der Waals surface area contributed by atoms with Crippen LogP contribution in [0.1, 0.15) is 45.4 Å². The van der Waals surface area contributed by atoms with Gasteiger partial charge in [-0.1, -0.05) is 32.1 Å². The molecule has 1 aliphatic rings. The van der Waals surface area contributed by atoms with Gasteiger partial charge in [-0.2, -0.15) is 0 Å². The van der Waals surface area contributed by atoms with E-state index in [-0.39, 0.29) is 17.7 Å². The normalized spacial score (nSPS) is 30.8. The van der Waals surface area contributed by atoms with E-state index in [1.54, 1.807) is 7.11 Å². The molecule has 98 valence electrons. The Bertz CT molecular complexity index is 261. The van der Waals surface area contributed by atoms with Gasteiger partial charge < -0.3 is 10.5 Å². The molecule has 0 spiro atoms. The summed E-state index contributed by atoms with van der Waals surface area (Å²) < 4.78 is 5.61. The zero-order valence-electron chi connectivity index (χ0n) is 11.2. The van der Waals surface area contributed by atoms with Crippen LogP contribution in [0.4, 0.5) is 0 Å². The van der Waals surface area contributed by atoms with Crippen molar-refractivity contribution in [3.63, 3.8) is 0 Å². The zero-order valence-corrected chi connectivity index (χ0v) is 11.2. The van der Waals surface area contributed by atoms with Gasteiger partial charge in [0.2, 0.25) is 0 Å². The maximum absolute atomic E-state index is 5.99. The van der Waals surface area contributed by atoms with Crippen LogP contribution in [0.2, 0.25) is 0 Å². The summed E-state index contributed by atoms with van der Waals surface area (Å²) in [6.07, 6.45) is 12.4. The van der Waals surface area contributed by atoms with E-state index in [1.807, 2.05) is 0 Å². The lowest BCUT2D eigenvalue weighted by atomic mass is 9.78. The molecule has 0 bridgehead atoms. The third kappa shape index (κ3) is 3.45. The molecule has 0 saturated heterocycles. The van der Waals surface area contributed by atoms with Crippen molar-refractivity contribution in [1.82, 2.24) is 5.32 Å². The molecule has 0 heterocycles. The Labute approximate surface area is 105 Å². The van der Waals surface area contributed by atoms with Gasteiger partial charge in [0, 0.05) is 13.7 Å². The Morgan fingerprint density at radius 2 is 2.35 bits per heavy atom. The summed E-state index contributed by atoms with van der Waals surface area (Å²) in [7, 11) is 1.77. The molecule has 3 atom stereocenters. The minimum absolute atomic E-state index is 0.110. The molecule has 0 aliphatic heterocycles. The second-order valence-corrected chi connectivity index (χ2v) is 4.98. The lowest BCUT2D eigenvalue weighted by Crippen LogP contribution is -2.63. The molecule has 0 amide bonds. The van der Waals surface area contributed by atoms with Crippen molar-refractivity contribution in [2.75, 3.05) is 13.7 Å². The predicted molar refractivity (Wildman–Crippen MR) is 71.7 cm³/mol. The molecule has 1 rings (SSSR count). The molecule has 0 aromatic carbocycles. The van der Waals surface area contributed by atoms with E-state index in [9.17, 15) is 0 Å². The van der Waals surface area contributed by atoms with Gasteiger partial charge in [-0.3, -0.25) is 5.32 Å². The van der Waals surface area contributed by atoms with Gasteiger partial charge in [0.05, 0.1) is 17.7 Å². The van der Waals surface area contributed by atoms with Crippen LogP contribution < -0.4 is 11.1 Å². The lowest BCUT2D eigenvalue weighted by Gasteiger charge is -2.44. The van der Waals surface area contributed by atoms with E-state index < -0.39 is 0 Å². The lowest BCUT2D eigenvalue weighted by molar-refractivity contribution is -0.0115. The standard InChI is InChI=1S/C14H26N2O/c1-4-8-12(5-2)16-14(11-15)10-7-6-9-13(14)17-3/h2,12-13,16H,4,6-11,15H2,1,3H3. The second-order valence-electron chi connectivity index (χ2n) is 4.98. The van der Waals surface area contributed by atoms with E-state index >= 15 is 0 Å². The molecule has 0 radical (unpaired) electrons. The highest BCUT2D eigenvalue weighted by Crippen LogP contribution is 2.30. The fourth-order valence-electron chi connectivity index (χ4n) is 2.84. The van der Waals surface area contributed by atoms with Crippen LogP contribution in [0.5, 0.6) is 0 Å². The number of ether oxygens (including phenoxy) is 1. The van der Waals surface area contributed by atoms with Gasteiger partial charge in [0.25, 0.3) is 0 Å². The molecular weight excluding hydrogens is 212 g/mol. The highest BCUT2D eigenvalue weighted by Gasteiger charge is 2.40. The van der Waals surface area contributed by atoms with Crippen LogP contribution in [0.3, 0.4) is 0 Å². The molecule has 0 aromatic rings. The number of nitrogens with two attached hydrogens (primary N) is 1. The molecule has 1 fully saturated rings. The van der Waals surface area contributed by atoms with E-state index in [0.717, 1.165) is 25.7 Å². The van der Waals surface area contributed by atoms with Crippen LogP contribution >= 0.6 is 0 Å². The molecule has 1 aliphatic carbocycles. The second kappa shape index (κ2) is 7.00. The third-order valence-corrected chi connectivity index (χ3v) is 3.84. The van der Waals surface area contributed by atoms with E-state index in [1.165, 1.54) is 12.8 Å². The molecule has 3 N–H and O–H groups in total. The number of nitrogens with one attached hydrogen (secondary N) is 1. The summed E-state index contributed by atoms with van der Waals surface area (Å²) in [4.78, 5) is 0. The first-order valence-electron chi connectivity index (χ1n) is 6.69. The quantitative estimate of drug-likeness (QED) is 0.692. The monoisotopic (exact) mass is 238 g/mol. The van der Waals surface area contributed by atoms with E-state index in [0.29, 0.717) is 6.54 Å². The smallest absolute Gasteiger partial charge is 0.0765 e. The fraction of sp³-hybridized carbons (Fsp3) is 0.857. The first-order valence-corrected chi connectivity index (χ1v) is 6.69. The van der Waals surface area contributed by atoms with Gasteiger partial charge in [-0.15, -0.1) is 6.42 Å². The first kappa shape index (κ1) is 14.5. The van der Waals surface area contributed by atoms with Gasteiger partial charge in [-0.25, -0.2) is 0 Å². The Morgan fingerprint density at radius 3 is 2.88 bits per heavy atom. The summed E-state index contributed by atoms with van der Waals surface area (Å²) >= 11 is 0. The van der Waals surface area contributed by atoms with Crippen molar-refractivity contribution in [2.24, 2.45) is 5.73 Å². The average molecular weight is 238 g/mol. The van der Waals surface area contributed by atoms with Crippen molar-refractivity contribution in [1.29, 1.82) is 0 Å². The summed E-state index contributed by atoms with van der Waals surface area (Å²) in [5.74, 6) is 2.83. The largest absolute Gasteiger partial charge is 0.379 e. The number of rotatable bonds is 6. The van der Waals surface area contributed by atoms with E-state index in [4.69, 9.17) is 16.9 Å². The highest BCUT2D eigenvalue weighted by atomic mass is 16.5. The minimum atomic E-state index is -0.126. The van der Waals surface area contributed by atoms with Gasteiger partial charge in [0.15, 0.2) is 0 Å². The molecule has 0 aromatic heterocycles.